The van der Waals surface area contributed by atoms with Crippen molar-refractivity contribution < 1.29 is 22.7 Å². The summed E-state index contributed by atoms with van der Waals surface area (Å²) >= 11 is 12.1. The average Bonchev–Trinajstić information content (AvgIpc) is 3.43. The largest absolute Gasteiger partial charge is 0.454 e. The Bertz CT molecular complexity index is 1310. The number of rotatable bonds is 7. The van der Waals surface area contributed by atoms with Crippen molar-refractivity contribution in [2.75, 3.05) is 6.61 Å². The Hall–Kier alpha value is -2.39. The van der Waals surface area contributed by atoms with Crippen molar-refractivity contribution in [2.45, 2.75) is 30.7 Å². The van der Waals surface area contributed by atoms with E-state index in [2.05, 4.69) is 9.71 Å². The zero-order chi connectivity index (χ0) is 22.3. The summed E-state index contributed by atoms with van der Waals surface area (Å²) in [6, 6.07) is 9.41. The number of hydrogen-bond acceptors (Lipinski definition) is 5. The first-order chi connectivity index (χ1) is 14.7. The van der Waals surface area contributed by atoms with Gasteiger partial charge in [-0.25, -0.2) is 17.9 Å². The topological polar surface area (TPSA) is 105 Å². The summed E-state index contributed by atoms with van der Waals surface area (Å²) in [4.78, 5) is 28.1. The van der Waals surface area contributed by atoms with Crippen LogP contribution in [0.4, 0.5) is 0 Å². The van der Waals surface area contributed by atoms with E-state index in [-0.39, 0.29) is 26.5 Å². The van der Waals surface area contributed by atoms with Gasteiger partial charge >= 0.3 is 5.97 Å². The summed E-state index contributed by atoms with van der Waals surface area (Å²) in [5, 5.41) is 0.543. The fraction of sp³-hybridized carbons (Fsp3) is 0.238. The number of aromatic amines is 1. The van der Waals surface area contributed by atoms with Gasteiger partial charge in [-0.3, -0.25) is 4.79 Å². The number of esters is 1. The fourth-order valence-corrected chi connectivity index (χ4v) is 5.45. The van der Waals surface area contributed by atoms with Crippen molar-refractivity contribution in [3.8, 4) is 0 Å². The van der Waals surface area contributed by atoms with Crippen molar-refractivity contribution in [1.29, 1.82) is 0 Å². The van der Waals surface area contributed by atoms with Gasteiger partial charge in [-0.15, -0.1) is 0 Å². The zero-order valence-electron chi connectivity index (χ0n) is 16.4. The molecule has 0 spiro atoms. The van der Waals surface area contributed by atoms with E-state index in [9.17, 15) is 18.0 Å². The van der Waals surface area contributed by atoms with Gasteiger partial charge in [0.25, 0.3) is 0 Å². The second kappa shape index (κ2) is 8.27. The molecule has 3 aromatic rings. The smallest absolute Gasteiger partial charge is 0.340 e. The molecular weight excluding hydrogens is 463 g/mol. The van der Waals surface area contributed by atoms with Crippen molar-refractivity contribution in [3.63, 3.8) is 0 Å². The second-order valence-electron chi connectivity index (χ2n) is 7.33. The Morgan fingerprint density at radius 2 is 1.87 bits per heavy atom. The minimum atomic E-state index is -3.92. The van der Waals surface area contributed by atoms with Crippen molar-refractivity contribution >= 4 is 55.9 Å². The van der Waals surface area contributed by atoms with E-state index < -0.39 is 28.4 Å². The zero-order valence-corrected chi connectivity index (χ0v) is 18.7. The van der Waals surface area contributed by atoms with Gasteiger partial charge in [-0.1, -0.05) is 41.4 Å². The van der Waals surface area contributed by atoms with Crippen LogP contribution in [0.15, 0.2) is 41.3 Å². The second-order valence-corrected chi connectivity index (χ2v) is 9.82. The number of sulfonamides is 1. The monoisotopic (exact) mass is 480 g/mol. The molecule has 0 bridgehead atoms. The average molecular weight is 481 g/mol. The molecule has 0 amide bonds. The molecule has 1 saturated carbocycles. The Kier molecular flexibility index (Phi) is 5.83. The van der Waals surface area contributed by atoms with E-state index in [1.54, 1.807) is 13.0 Å². The Balaban J connectivity index is 1.55. The number of nitrogens with one attached hydrogen (secondary N) is 2. The van der Waals surface area contributed by atoms with Crippen LogP contribution in [0.25, 0.3) is 10.9 Å². The van der Waals surface area contributed by atoms with Crippen LogP contribution in [0, 0.1) is 6.92 Å². The quantitative estimate of drug-likeness (QED) is 0.388. The number of fused-ring (bicyclic) bond motifs is 1. The minimum Gasteiger partial charge on any atom is -0.454 e. The molecule has 0 unspecified atom stereocenters. The molecule has 0 radical (unpaired) electrons. The molecule has 7 nitrogen and oxygen atoms in total. The van der Waals surface area contributed by atoms with Crippen molar-refractivity contribution in [2.24, 2.45) is 0 Å². The molecule has 10 heteroatoms. The summed E-state index contributed by atoms with van der Waals surface area (Å²) in [7, 11) is -3.92. The number of aromatic nitrogens is 1. The van der Waals surface area contributed by atoms with E-state index in [1.807, 2.05) is 18.2 Å². The first kappa shape index (κ1) is 21.8. The molecule has 2 N–H and O–H groups in total. The predicted octanol–water partition coefficient (Wildman–Crippen LogP) is 4.26. The number of ketones is 1. The fourth-order valence-electron chi connectivity index (χ4n) is 3.29. The SMILES string of the molecule is Cc1[nH]c2ccccc2c1C(=O)COC(=O)c1cc(S(=O)(=O)NC2CC2)c(Cl)cc1Cl. The summed E-state index contributed by atoms with van der Waals surface area (Å²) in [6.07, 6.45) is 1.49. The van der Waals surface area contributed by atoms with Crippen LogP contribution >= 0.6 is 23.2 Å². The molecular formula is C21H18Cl2N2O5S. The maximum atomic E-state index is 12.7. The molecule has 162 valence electrons. The van der Waals surface area contributed by atoms with Gasteiger partial charge in [0.05, 0.1) is 15.6 Å². The summed E-state index contributed by atoms with van der Waals surface area (Å²) in [5.41, 5.74) is 1.70. The van der Waals surface area contributed by atoms with Crippen LogP contribution in [0.3, 0.4) is 0 Å². The molecule has 0 atom stereocenters. The molecule has 1 aliphatic rings. The molecule has 4 rings (SSSR count). The van der Waals surface area contributed by atoms with E-state index >= 15 is 0 Å². The van der Waals surface area contributed by atoms with Gasteiger partial charge in [0, 0.05) is 28.2 Å². The van der Waals surface area contributed by atoms with Gasteiger partial charge < -0.3 is 9.72 Å². The van der Waals surface area contributed by atoms with Crippen molar-refractivity contribution in [1.82, 2.24) is 9.71 Å². The number of ether oxygens (including phenoxy) is 1. The molecule has 2 aromatic carbocycles. The molecule has 31 heavy (non-hydrogen) atoms. The normalized spacial score (nSPS) is 14.0. The molecule has 1 fully saturated rings. The summed E-state index contributed by atoms with van der Waals surface area (Å²) in [6.45, 7) is 1.23. The molecule has 1 heterocycles. The van der Waals surface area contributed by atoms with Gasteiger partial charge in [0.1, 0.15) is 4.90 Å². The highest BCUT2D eigenvalue weighted by Gasteiger charge is 2.30. The highest BCUT2D eigenvalue weighted by molar-refractivity contribution is 7.89. The Morgan fingerprint density at radius 3 is 2.58 bits per heavy atom. The maximum absolute atomic E-state index is 12.7. The Labute approximate surface area is 188 Å². The standard InChI is InChI=1S/C21H18Cl2N2O5S/c1-11-20(13-4-2-3-5-17(13)24-11)18(26)10-30-21(27)14-8-19(16(23)9-15(14)22)31(28,29)25-12-6-7-12/h2-5,8-9,12,24-25H,6-7,10H2,1H3. The number of carbonyl (C=O) groups excluding carboxylic acids is 2. The van der Waals surface area contributed by atoms with Crippen LogP contribution in [0.5, 0.6) is 0 Å². The Morgan fingerprint density at radius 1 is 1.16 bits per heavy atom. The lowest BCUT2D eigenvalue weighted by Gasteiger charge is -2.11. The number of aryl methyl sites for hydroxylation is 1. The van der Waals surface area contributed by atoms with E-state index in [1.165, 1.54) is 6.07 Å². The predicted molar refractivity (Wildman–Crippen MR) is 117 cm³/mol. The number of halogens is 2. The first-order valence-electron chi connectivity index (χ1n) is 9.46. The number of hydrogen-bond donors (Lipinski definition) is 2. The number of H-pyrrole nitrogens is 1. The maximum Gasteiger partial charge on any atom is 0.340 e. The number of benzene rings is 2. The highest BCUT2D eigenvalue weighted by atomic mass is 35.5. The van der Waals surface area contributed by atoms with Crippen LogP contribution in [0.1, 0.15) is 39.3 Å². The minimum absolute atomic E-state index is 0.0731. The third-order valence-corrected chi connectivity index (χ3v) is 7.23. The van der Waals surface area contributed by atoms with Gasteiger partial charge in [-0.2, -0.15) is 0 Å². The first-order valence-corrected chi connectivity index (χ1v) is 11.7. The summed E-state index contributed by atoms with van der Waals surface area (Å²) in [5.74, 6) is -1.31. The lowest BCUT2D eigenvalue weighted by atomic mass is 10.1. The lowest BCUT2D eigenvalue weighted by molar-refractivity contribution is 0.0475. The number of Topliss-reactive ketones (excluding diaryl/α,β-unsaturated/α-hetero) is 1. The lowest BCUT2D eigenvalue weighted by Crippen LogP contribution is -2.26. The highest BCUT2D eigenvalue weighted by Crippen LogP contribution is 2.31. The van der Waals surface area contributed by atoms with Gasteiger partial charge in [0.2, 0.25) is 15.8 Å². The van der Waals surface area contributed by atoms with Crippen LogP contribution < -0.4 is 4.72 Å². The van der Waals surface area contributed by atoms with E-state index in [0.717, 1.165) is 29.8 Å². The van der Waals surface area contributed by atoms with Crippen molar-refractivity contribution in [3.05, 3.63) is 63.3 Å². The van der Waals surface area contributed by atoms with Crippen LogP contribution in [-0.4, -0.2) is 37.8 Å². The third-order valence-electron chi connectivity index (χ3n) is 4.94. The molecule has 0 aliphatic heterocycles. The third kappa shape index (κ3) is 4.48. The van der Waals surface area contributed by atoms with Gasteiger partial charge in [0.15, 0.2) is 6.61 Å². The number of carbonyl (C=O) groups is 2. The summed E-state index contributed by atoms with van der Waals surface area (Å²) < 4.78 is 32.7. The number of para-hydroxylation sites is 1. The molecule has 1 aliphatic carbocycles. The van der Waals surface area contributed by atoms with Gasteiger partial charge in [-0.05, 0) is 38.0 Å². The van der Waals surface area contributed by atoms with E-state index in [4.69, 9.17) is 27.9 Å². The van der Waals surface area contributed by atoms with Crippen LogP contribution in [-0.2, 0) is 14.8 Å². The molecule has 0 saturated heterocycles. The molecule has 1 aromatic heterocycles. The van der Waals surface area contributed by atoms with E-state index in [0.29, 0.717) is 11.3 Å². The van der Waals surface area contributed by atoms with Crippen LogP contribution in [0.2, 0.25) is 10.0 Å².